The van der Waals surface area contributed by atoms with Crippen molar-refractivity contribution in [2.24, 2.45) is 0 Å². The Morgan fingerprint density at radius 1 is 1.09 bits per heavy atom. The van der Waals surface area contributed by atoms with Crippen molar-refractivity contribution >= 4 is 46.4 Å². The number of halogens is 3. The summed E-state index contributed by atoms with van der Waals surface area (Å²) in [5.74, 6) is 0.199. The fourth-order valence-corrected chi connectivity index (χ4v) is 2.39. The summed E-state index contributed by atoms with van der Waals surface area (Å²) in [4.78, 5) is 12.4. The molecule has 0 fully saturated rings. The molecule has 0 radical (unpaired) electrons. The second kappa shape index (κ2) is 7.73. The van der Waals surface area contributed by atoms with E-state index in [1.165, 1.54) is 12.1 Å². The summed E-state index contributed by atoms with van der Waals surface area (Å²) >= 11 is 17.9. The van der Waals surface area contributed by atoms with E-state index in [0.29, 0.717) is 38.7 Å². The van der Waals surface area contributed by atoms with Crippen molar-refractivity contribution in [1.82, 2.24) is 0 Å². The Kier molecular flexibility index (Phi) is 5.95. The molecule has 116 valence electrons. The summed E-state index contributed by atoms with van der Waals surface area (Å²) in [5.41, 5.74) is 0.824. The number of ether oxygens (including phenoxy) is 1. The fourth-order valence-electron chi connectivity index (χ4n) is 1.80. The van der Waals surface area contributed by atoms with Gasteiger partial charge in [0.1, 0.15) is 5.75 Å². The molecule has 2 rings (SSSR count). The van der Waals surface area contributed by atoms with Crippen LogP contribution in [0.15, 0.2) is 36.4 Å². The van der Waals surface area contributed by atoms with E-state index in [9.17, 15) is 4.79 Å². The lowest BCUT2D eigenvalue weighted by atomic mass is 10.2. The third-order valence-corrected chi connectivity index (χ3v) is 3.89. The van der Waals surface area contributed by atoms with E-state index in [1.807, 2.05) is 13.0 Å². The van der Waals surface area contributed by atoms with Crippen molar-refractivity contribution in [3.05, 3.63) is 57.0 Å². The molecule has 0 saturated carbocycles. The van der Waals surface area contributed by atoms with Crippen molar-refractivity contribution in [3.8, 4) is 5.75 Å². The van der Waals surface area contributed by atoms with E-state index < -0.39 is 0 Å². The number of carbonyl (C=O) groups is 1. The maximum absolute atomic E-state index is 12.4. The minimum atomic E-state index is -0.327. The van der Waals surface area contributed by atoms with Gasteiger partial charge < -0.3 is 10.1 Å². The van der Waals surface area contributed by atoms with Crippen LogP contribution in [0.5, 0.6) is 5.75 Å². The summed E-state index contributed by atoms with van der Waals surface area (Å²) in [7, 11) is 0. The van der Waals surface area contributed by atoms with Gasteiger partial charge in [0.25, 0.3) is 5.91 Å². The second-order valence-electron chi connectivity index (χ2n) is 4.54. The number of para-hydroxylation sites is 1. The summed E-state index contributed by atoms with van der Waals surface area (Å²) in [5, 5.41) is 3.68. The van der Waals surface area contributed by atoms with Gasteiger partial charge in [0.15, 0.2) is 0 Å². The number of nitrogens with one attached hydrogen (secondary N) is 1. The Bertz CT molecular complexity index is 689. The highest BCUT2D eigenvalue weighted by Gasteiger charge is 2.14. The van der Waals surface area contributed by atoms with Crippen molar-refractivity contribution < 1.29 is 9.53 Å². The normalized spacial score (nSPS) is 10.4. The smallest absolute Gasteiger partial charge is 0.259 e. The van der Waals surface area contributed by atoms with Gasteiger partial charge in [-0.25, -0.2) is 0 Å². The Morgan fingerprint density at radius 3 is 2.50 bits per heavy atom. The van der Waals surface area contributed by atoms with Crippen LogP contribution < -0.4 is 10.1 Å². The lowest BCUT2D eigenvalue weighted by molar-refractivity contribution is 0.102. The summed E-state index contributed by atoms with van der Waals surface area (Å²) in [6, 6.07) is 10.0. The number of hydrogen-bond acceptors (Lipinski definition) is 2. The molecule has 2 aromatic carbocycles. The van der Waals surface area contributed by atoms with Crippen molar-refractivity contribution in [2.45, 2.75) is 13.3 Å². The molecule has 0 aliphatic rings. The van der Waals surface area contributed by atoms with Crippen LogP contribution in [-0.2, 0) is 0 Å². The predicted molar refractivity (Wildman–Crippen MR) is 91.7 cm³/mol. The van der Waals surface area contributed by atoms with E-state index in [-0.39, 0.29) is 5.91 Å². The van der Waals surface area contributed by atoms with Crippen LogP contribution in [0.1, 0.15) is 23.7 Å². The lowest BCUT2D eigenvalue weighted by Crippen LogP contribution is -2.14. The number of rotatable bonds is 5. The van der Waals surface area contributed by atoms with Crippen LogP contribution in [0.4, 0.5) is 5.69 Å². The quantitative estimate of drug-likeness (QED) is 0.697. The van der Waals surface area contributed by atoms with Crippen LogP contribution in [0.25, 0.3) is 0 Å². The first-order chi connectivity index (χ1) is 10.5. The molecule has 2 aromatic rings. The average Bonchev–Trinajstić information content (AvgIpc) is 2.50. The maximum atomic E-state index is 12.4. The van der Waals surface area contributed by atoms with Gasteiger partial charge in [-0.1, -0.05) is 53.9 Å². The predicted octanol–water partition coefficient (Wildman–Crippen LogP) is 5.69. The molecule has 0 aromatic heterocycles. The van der Waals surface area contributed by atoms with Gasteiger partial charge in [0.2, 0.25) is 0 Å². The second-order valence-corrected chi connectivity index (χ2v) is 5.77. The average molecular weight is 359 g/mol. The first kappa shape index (κ1) is 16.9. The van der Waals surface area contributed by atoms with Crippen LogP contribution in [0.2, 0.25) is 15.1 Å². The van der Waals surface area contributed by atoms with Crippen LogP contribution in [0, 0.1) is 0 Å². The highest BCUT2D eigenvalue weighted by atomic mass is 35.5. The zero-order valence-corrected chi connectivity index (χ0v) is 14.1. The molecule has 0 unspecified atom stereocenters. The van der Waals surface area contributed by atoms with Crippen molar-refractivity contribution in [3.63, 3.8) is 0 Å². The minimum absolute atomic E-state index is 0.315. The van der Waals surface area contributed by atoms with Gasteiger partial charge in [-0.3, -0.25) is 4.79 Å². The number of hydrogen-bond donors (Lipinski definition) is 1. The van der Waals surface area contributed by atoms with Crippen molar-refractivity contribution in [1.29, 1.82) is 0 Å². The van der Waals surface area contributed by atoms with E-state index in [2.05, 4.69) is 5.32 Å². The third kappa shape index (κ3) is 4.07. The third-order valence-electron chi connectivity index (χ3n) is 2.85. The molecular weight excluding hydrogens is 345 g/mol. The number of anilines is 1. The summed E-state index contributed by atoms with van der Waals surface area (Å²) in [6.07, 6.45) is 0.856. The largest absolute Gasteiger partial charge is 0.493 e. The van der Waals surface area contributed by atoms with E-state index in [1.54, 1.807) is 18.2 Å². The monoisotopic (exact) mass is 357 g/mol. The molecule has 0 aliphatic carbocycles. The van der Waals surface area contributed by atoms with Crippen LogP contribution in [-0.4, -0.2) is 12.5 Å². The molecule has 0 spiro atoms. The topological polar surface area (TPSA) is 38.3 Å². The fraction of sp³-hybridized carbons (Fsp3) is 0.188. The van der Waals surface area contributed by atoms with Gasteiger partial charge in [0, 0.05) is 0 Å². The number of carbonyl (C=O) groups excluding carboxylic acids is 1. The van der Waals surface area contributed by atoms with Gasteiger partial charge >= 0.3 is 0 Å². The maximum Gasteiger partial charge on any atom is 0.259 e. The summed E-state index contributed by atoms with van der Waals surface area (Å²) < 4.78 is 5.58. The van der Waals surface area contributed by atoms with Crippen molar-refractivity contribution in [2.75, 3.05) is 11.9 Å². The van der Waals surface area contributed by atoms with E-state index in [4.69, 9.17) is 39.5 Å². The summed E-state index contributed by atoms with van der Waals surface area (Å²) in [6.45, 7) is 2.54. The highest BCUT2D eigenvalue weighted by molar-refractivity contribution is 6.44. The first-order valence-electron chi connectivity index (χ1n) is 6.70. The van der Waals surface area contributed by atoms with E-state index in [0.717, 1.165) is 6.42 Å². The Hall–Kier alpha value is -1.42. The molecular formula is C16H14Cl3NO2. The number of benzene rings is 2. The standard InChI is InChI=1S/C16H14Cl3NO2/c1-2-7-22-15-6-4-3-5-10(15)16(21)20-14-9-12(18)11(17)8-13(14)19/h3-6,8-9H,2,7H2,1H3,(H,20,21). The SMILES string of the molecule is CCCOc1ccccc1C(=O)Nc1cc(Cl)c(Cl)cc1Cl. The molecule has 22 heavy (non-hydrogen) atoms. The molecule has 0 heterocycles. The van der Waals surface area contributed by atoms with Gasteiger partial charge in [0.05, 0.1) is 32.9 Å². The lowest BCUT2D eigenvalue weighted by Gasteiger charge is -2.12. The molecule has 1 N–H and O–H groups in total. The zero-order valence-electron chi connectivity index (χ0n) is 11.8. The molecule has 6 heteroatoms. The molecule has 0 saturated heterocycles. The molecule has 1 amide bonds. The Morgan fingerprint density at radius 2 is 1.77 bits per heavy atom. The van der Waals surface area contributed by atoms with Crippen LogP contribution >= 0.6 is 34.8 Å². The van der Waals surface area contributed by atoms with Gasteiger partial charge in [-0.2, -0.15) is 0 Å². The Labute approximate surface area is 144 Å². The molecule has 0 aliphatic heterocycles. The zero-order chi connectivity index (χ0) is 16.1. The molecule has 0 bridgehead atoms. The Balaban J connectivity index is 2.24. The van der Waals surface area contributed by atoms with Gasteiger partial charge in [-0.05, 0) is 30.7 Å². The van der Waals surface area contributed by atoms with E-state index >= 15 is 0 Å². The minimum Gasteiger partial charge on any atom is -0.493 e. The molecule has 0 atom stereocenters. The number of amides is 1. The van der Waals surface area contributed by atoms with Crippen LogP contribution in [0.3, 0.4) is 0 Å². The highest BCUT2D eigenvalue weighted by Crippen LogP contribution is 2.32. The first-order valence-corrected chi connectivity index (χ1v) is 7.84. The molecule has 3 nitrogen and oxygen atoms in total. The van der Waals surface area contributed by atoms with Gasteiger partial charge in [-0.15, -0.1) is 0 Å².